The van der Waals surface area contributed by atoms with Crippen LogP contribution in [0.3, 0.4) is 0 Å². The second kappa shape index (κ2) is 3.99. The molecule has 2 rings (SSSR count). The first kappa shape index (κ1) is 10.1. The van der Waals surface area contributed by atoms with Gasteiger partial charge in [-0.25, -0.2) is 0 Å². The molecule has 0 atom stereocenters. The monoisotopic (exact) mass is 216 g/mol. The molecule has 0 aliphatic rings. The first-order chi connectivity index (χ1) is 7.20. The van der Waals surface area contributed by atoms with Crippen LogP contribution in [0.25, 0.3) is 0 Å². The van der Waals surface area contributed by atoms with E-state index in [0.29, 0.717) is 0 Å². The maximum Gasteiger partial charge on any atom is 0.194 e. The zero-order chi connectivity index (χ0) is 10.8. The molecule has 0 unspecified atom stereocenters. The maximum absolute atomic E-state index is 12.2. The molecular weight excluding hydrogens is 204 g/mol. The van der Waals surface area contributed by atoms with Gasteiger partial charge in [0, 0.05) is 16.5 Å². The Labute approximate surface area is 93.4 Å². The van der Waals surface area contributed by atoms with Crippen LogP contribution >= 0.6 is 11.3 Å². The highest BCUT2D eigenvalue weighted by Crippen LogP contribution is 2.19. The summed E-state index contributed by atoms with van der Waals surface area (Å²) in [6, 6.07) is 7.81. The second-order valence-corrected chi connectivity index (χ2v) is 4.39. The first-order valence-corrected chi connectivity index (χ1v) is 5.77. The lowest BCUT2D eigenvalue weighted by Gasteiger charge is -2.06. The standard InChI is InChI=1S/C13H12OS/c1-9-4-3-5-10(2)12(9)13(14)11-6-7-15-8-11/h3-8H,1-2H3. The smallest absolute Gasteiger partial charge is 0.194 e. The minimum Gasteiger partial charge on any atom is -0.289 e. The Morgan fingerprint density at radius 1 is 1.13 bits per heavy atom. The van der Waals surface area contributed by atoms with Crippen LogP contribution in [0.2, 0.25) is 0 Å². The van der Waals surface area contributed by atoms with E-state index in [1.54, 1.807) is 11.3 Å². The molecule has 0 amide bonds. The summed E-state index contributed by atoms with van der Waals surface area (Å²) in [4.78, 5) is 12.2. The van der Waals surface area contributed by atoms with Crippen LogP contribution in [0, 0.1) is 13.8 Å². The van der Waals surface area contributed by atoms with E-state index in [9.17, 15) is 4.79 Å². The second-order valence-electron chi connectivity index (χ2n) is 3.61. The van der Waals surface area contributed by atoms with Gasteiger partial charge in [0.25, 0.3) is 0 Å². The van der Waals surface area contributed by atoms with Gasteiger partial charge in [0.05, 0.1) is 0 Å². The Morgan fingerprint density at radius 3 is 2.33 bits per heavy atom. The molecule has 2 aromatic rings. The normalized spacial score (nSPS) is 10.3. The van der Waals surface area contributed by atoms with Gasteiger partial charge in [-0.2, -0.15) is 11.3 Å². The maximum atomic E-state index is 12.2. The average molecular weight is 216 g/mol. The molecule has 1 nitrogen and oxygen atoms in total. The van der Waals surface area contributed by atoms with Gasteiger partial charge in [-0.15, -0.1) is 0 Å². The fraction of sp³-hybridized carbons (Fsp3) is 0.154. The minimum absolute atomic E-state index is 0.131. The Balaban J connectivity index is 2.51. The van der Waals surface area contributed by atoms with Crippen molar-refractivity contribution in [3.8, 4) is 0 Å². The summed E-state index contributed by atoms with van der Waals surface area (Å²) in [5.41, 5.74) is 3.73. The van der Waals surface area contributed by atoms with Crippen LogP contribution in [-0.2, 0) is 0 Å². The van der Waals surface area contributed by atoms with E-state index in [1.165, 1.54) is 0 Å². The minimum atomic E-state index is 0.131. The van der Waals surface area contributed by atoms with Gasteiger partial charge >= 0.3 is 0 Å². The molecule has 76 valence electrons. The Hall–Kier alpha value is -1.41. The fourth-order valence-corrected chi connectivity index (χ4v) is 2.35. The van der Waals surface area contributed by atoms with Gasteiger partial charge in [-0.1, -0.05) is 18.2 Å². The third-order valence-corrected chi connectivity index (χ3v) is 3.17. The number of thiophene rings is 1. The summed E-state index contributed by atoms with van der Waals surface area (Å²) in [5, 5.41) is 3.83. The van der Waals surface area contributed by atoms with Crippen molar-refractivity contribution in [3.05, 3.63) is 57.3 Å². The summed E-state index contributed by atoms with van der Waals surface area (Å²) < 4.78 is 0. The highest BCUT2D eigenvalue weighted by Gasteiger charge is 2.13. The molecule has 0 fully saturated rings. The fourth-order valence-electron chi connectivity index (χ4n) is 1.71. The molecule has 0 saturated heterocycles. The lowest BCUT2D eigenvalue weighted by atomic mass is 9.96. The number of carbonyl (C=O) groups excluding carboxylic acids is 1. The molecule has 0 radical (unpaired) electrons. The molecule has 1 aromatic carbocycles. The predicted molar refractivity (Wildman–Crippen MR) is 63.7 cm³/mol. The van der Waals surface area contributed by atoms with Crippen molar-refractivity contribution >= 4 is 17.1 Å². The van der Waals surface area contributed by atoms with Gasteiger partial charge in [0.2, 0.25) is 0 Å². The van der Waals surface area contributed by atoms with Crippen LogP contribution in [-0.4, -0.2) is 5.78 Å². The van der Waals surface area contributed by atoms with Crippen molar-refractivity contribution in [2.75, 3.05) is 0 Å². The highest BCUT2D eigenvalue weighted by atomic mass is 32.1. The van der Waals surface area contributed by atoms with Crippen molar-refractivity contribution in [2.45, 2.75) is 13.8 Å². The zero-order valence-corrected chi connectivity index (χ0v) is 9.60. The Kier molecular flexibility index (Phi) is 2.69. The van der Waals surface area contributed by atoms with Gasteiger partial charge in [-0.05, 0) is 36.4 Å². The van der Waals surface area contributed by atoms with E-state index in [-0.39, 0.29) is 5.78 Å². The number of rotatable bonds is 2. The topological polar surface area (TPSA) is 17.1 Å². The van der Waals surface area contributed by atoms with Crippen molar-refractivity contribution < 1.29 is 4.79 Å². The molecule has 0 aliphatic heterocycles. The molecular formula is C13H12OS. The van der Waals surface area contributed by atoms with E-state index in [1.807, 2.05) is 48.9 Å². The third-order valence-electron chi connectivity index (χ3n) is 2.49. The van der Waals surface area contributed by atoms with Gasteiger partial charge in [-0.3, -0.25) is 4.79 Å². The molecule has 2 heteroatoms. The largest absolute Gasteiger partial charge is 0.289 e. The van der Waals surface area contributed by atoms with E-state index < -0.39 is 0 Å². The summed E-state index contributed by atoms with van der Waals surface area (Å²) >= 11 is 1.55. The lowest BCUT2D eigenvalue weighted by Crippen LogP contribution is -2.04. The van der Waals surface area contributed by atoms with E-state index in [2.05, 4.69) is 0 Å². The number of aryl methyl sites for hydroxylation is 2. The van der Waals surface area contributed by atoms with Crippen LogP contribution in [0.5, 0.6) is 0 Å². The molecule has 1 heterocycles. The molecule has 0 aliphatic carbocycles. The number of benzene rings is 1. The highest BCUT2D eigenvalue weighted by molar-refractivity contribution is 7.08. The Bertz CT molecular complexity index is 463. The number of carbonyl (C=O) groups is 1. The van der Waals surface area contributed by atoms with Crippen molar-refractivity contribution in [2.24, 2.45) is 0 Å². The quantitative estimate of drug-likeness (QED) is 0.701. The molecule has 0 saturated carbocycles. The van der Waals surface area contributed by atoms with Crippen LogP contribution in [0.4, 0.5) is 0 Å². The molecule has 0 bridgehead atoms. The molecule has 15 heavy (non-hydrogen) atoms. The van der Waals surface area contributed by atoms with Crippen molar-refractivity contribution in [1.82, 2.24) is 0 Å². The number of hydrogen-bond acceptors (Lipinski definition) is 2. The van der Waals surface area contributed by atoms with Crippen LogP contribution in [0.1, 0.15) is 27.0 Å². The zero-order valence-electron chi connectivity index (χ0n) is 8.78. The predicted octanol–water partition coefficient (Wildman–Crippen LogP) is 3.60. The van der Waals surface area contributed by atoms with Crippen molar-refractivity contribution in [1.29, 1.82) is 0 Å². The van der Waals surface area contributed by atoms with Crippen molar-refractivity contribution in [3.63, 3.8) is 0 Å². The van der Waals surface area contributed by atoms with Gasteiger partial charge in [0.1, 0.15) is 0 Å². The number of hydrogen-bond donors (Lipinski definition) is 0. The SMILES string of the molecule is Cc1cccc(C)c1C(=O)c1ccsc1. The summed E-state index contributed by atoms with van der Waals surface area (Å²) in [6.45, 7) is 3.96. The molecule has 0 N–H and O–H groups in total. The third kappa shape index (κ3) is 1.85. The summed E-state index contributed by atoms with van der Waals surface area (Å²) in [5.74, 6) is 0.131. The van der Waals surface area contributed by atoms with Crippen LogP contribution < -0.4 is 0 Å². The van der Waals surface area contributed by atoms with E-state index >= 15 is 0 Å². The summed E-state index contributed by atoms with van der Waals surface area (Å²) in [6.07, 6.45) is 0. The average Bonchev–Trinajstić information content (AvgIpc) is 2.69. The first-order valence-electron chi connectivity index (χ1n) is 4.83. The Morgan fingerprint density at radius 2 is 1.80 bits per heavy atom. The summed E-state index contributed by atoms with van der Waals surface area (Å²) in [7, 11) is 0. The van der Waals surface area contributed by atoms with Gasteiger partial charge < -0.3 is 0 Å². The van der Waals surface area contributed by atoms with E-state index in [0.717, 1.165) is 22.3 Å². The van der Waals surface area contributed by atoms with Gasteiger partial charge in [0.15, 0.2) is 5.78 Å². The molecule has 0 spiro atoms. The van der Waals surface area contributed by atoms with Crippen LogP contribution in [0.15, 0.2) is 35.0 Å². The molecule has 1 aromatic heterocycles. The lowest BCUT2D eigenvalue weighted by molar-refractivity contribution is 0.103. The van der Waals surface area contributed by atoms with E-state index in [4.69, 9.17) is 0 Å². The number of ketones is 1.